The van der Waals surface area contributed by atoms with Gasteiger partial charge in [0.2, 0.25) is 5.91 Å². The van der Waals surface area contributed by atoms with Crippen molar-refractivity contribution in [3.05, 3.63) is 29.8 Å². The quantitative estimate of drug-likeness (QED) is 0.645. The van der Waals surface area contributed by atoms with Gasteiger partial charge in [0.25, 0.3) is 0 Å². The molecule has 1 saturated heterocycles. The molecule has 2 rings (SSSR count). The number of hydrazone groups is 1. The molecule has 1 N–H and O–H groups in total. The van der Waals surface area contributed by atoms with Gasteiger partial charge in [-0.25, -0.2) is 5.43 Å². The molecule has 120 valence electrons. The Labute approximate surface area is 130 Å². The summed E-state index contributed by atoms with van der Waals surface area (Å²) in [6, 6.07) is 7.56. The Bertz CT molecular complexity index is 534. The van der Waals surface area contributed by atoms with Crippen LogP contribution in [0, 0.1) is 0 Å². The molecule has 0 atom stereocenters. The maximum atomic E-state index is 11.9. The van der Waals surface area contributed by atoms with Gasteiger partial charge in [-0.1, -0.05) is 0 Å². The largest absolute Gasteiger partial charge is 0.494 e. The molecule has 0 saturated carbocycles. The predicted molar refractivity (Wildman–Crippen MR) is 82.9 cm³/mol. The molecular weight excluding hydrogens is 284 g/mol. The smallest absolute Gasteiger partial charge is 0.245 e. The van der Waals surface area contributed by atoms with Crippen LogP contribution in [-0.2, 0) is 14.3 Å². The van der Waals surface area contributed by atoms with Crippen molar-refractivity contribution in [1.82, 2.24) is 5.43 Å². The summed E-state index contributed by atoms with van der Waals surface area (Å²) in [6.45, 7) is 7.18. The van der Waals surface area contributed by atoms with Crippen LogP contribution < -0.4 is 10.2 Å². The number of rotatable bonds is 6. The monoisotopic (exact) mass is 306 g/mol. The lowest BCUT2D eigenvalue weighted by Crippen LogP contribution is -2.33. The first-order valence-electron chi connectivity index (χ1n) is 7.37. The molecule has 1 aliphatic rings. The van der Waals surface area contributed by atoms with Gasteiger partial charge in [0.1, 0.15) is 5.75 Å². The van der Waals surface area contributed by atoms with Crippen LogP contribution in [0.4, 0.5) is 0 Å². The fraction of sp³-hybridized carbons (Fsp3) is 0.500. The molecule has 0 unspecified atom stereocenters. The number of hydrogen-bond donors (Lipinski definition) is 1. The number of carbonyl (C=O) groups excluding carboxylic acids is 1. The third-order valence-corrected chi connectivity index (χ3v) is 3.31. The predicted octanol–water partition coefficient (Wildman–Crippen LogP) is 2.08. The molecule has 0 bridgehead atoms. The molecule has 1 amide bonds. The maximum Gasteiger partial charge on any atom is 0.245 e. The summed E-state index contributed by atoms with van der Waals surface area (Å²) in [7, 11) is 0. The van der Waals surface area contributed by atoms with Crippen molar-refractivity contribution in [2.24, 2.45) is 5.10 Å². The zero-order valence-corrected chi connectivity index (χ0v) is 13.2. The third kappa shape index (κ3) is 4.54. The summed E-state index contributed by atoms with van der Waals surface area (Å²) in [5.74, 6) is -0.270. The third-order valence-electron chi connectivity index (χ3n) is 3.31. The van der Waals surface area contributed by atoms with Crippen molar-refractivity contribution in [1.29, 1.82) is 0 Å². The Morgan fingerprint density at radius 3 is 2.55 bits per heavy atom. The SMILES string of the molecule is CCOc1ccc(/C(C)=N\NC(=O)CC2(C)OCCO2)cc1. The second kappa shape index (κ2) is 7.38. The summed E-state index contributed by atoms with van der Waals surface area (Å²) < 4.78 is 16.2. The number of hydrogen-bond acceptors (Lipinski definition) is 5. The topological polar surface area (TPSA) is 69.2 Å². The van der Waals surface area contributed by atoms with E-state index in [0.717, 1.165) is 17.0 Å². The van der Waals surface area contributed by atoms with Crippen LogP contribution in [0.5, 0.6) is 5.75 Å². The van der Waals surface area contributed by atoms with E-state index in [4.69, 9.17) is 14.2 Å². The highest BCUT2D eigenvalue weighted by molar-refractivity contribution is 5.99. The second-order valence-corrected chi connectivity index (χ2v) is 5.20. The normalized spacial score (nSPS) is 17.3. The lowest BCUT2D eigenvalue weighted by molar-refractivity contribution is -0.159. The van der Waals surface area contributed by atoms with Crippen molar-refractivity contribution in [2.45, 2.75) is 33.0 Å². The van der Waals surface area contributed by atoms with E-state index in [9.17, 15) is 4.79 Å². The van der Waals surface area contributed by atoms with Crippen LogP contribution in [0.3, 0.4) is 0 Å². The molecule has 1 aromatic carbocycles. The van der Waals surface area contributed by atoms with E-state index in [2.05, 4.69) is 10.5 Å². The van der Waals surface area contributed by atoms with Gasteiger partial charge in [0.05, 0.1) is 32.0 Å². The highest BCUT2D eigenvalue weighted by Gasteiger charge is 2.33. The molecule has 1 fully saturated rings. The van der Waals surface area contributed by atoms with Crippen LogP contribution in [0.25, 0.3) is 0 Å². The minimum atomic E-state index is -0.841. The Balaban J connectivity index is 1.89. The average molecular weight is 306 g/mol. The fourth-order valence-electron chi connectivity index (χ4n) is 2.16. The average Bonchev–Trinajstić information content (AvgIpc) is 2.92. The lowest BCUT2D eigenvalue weighted by atomic mass is 10.1. The standard InChI is InChI=1S/C16H22N2O4/c1-4-20-14-7-5-13(6-8-14)12(2)17-18-15(19)11-16(3)21-9-10-22-16/h5-8H,4,9-11H2,1-3H3,(H,18,19)/b17-12-. The van der Waals surface area contributed by atoms with E-state index in [1.54, 1.807) is 6.92 Å². The molecule has 0 aromatic heterocycles. The highest BCUT2D eigenvalue weighted by Crippen LogP contribution is 2.22. The van der Waals surface area contributed by atoms with Crippen LogP contribution in [0.2, 0.25) is 0 Å². The van der Waals surface area contributed by atoms with Gasteiger partial charge in [-0.05, 0) is 50.6 Å². The van der Waals surface area contributed by atoms with Gasteiger partial charge < -0.3 is 14.2 Å². The Kier molecular flexibility index (Phi) is 5.51. The first kappa shape index (κ1) is 16.5. The van der Waals surface area contributed by atoms with E-state index in [-0.39, 0.29) is 12.3 Å². The molecule has 6 heteroatoms. The van der Waals surface area contributed by atoms with Crippen molar-refractivity contribution in [2.75, 3.05) is 19.8 Å². The van der Waals surface area contributed by atoms with Gasteiger partial charge in [-0.3, -0.25) is 4.79 Å². The van der Waals surface area contributed by atoms with Gasteiger partial charge in [-0.15, -0.1) is 0 Å². The Morgan fingerprint density at radius 2 is 1.95 bits per heavy atom. The number of ether oxygens (including phenoxy) is 3. The van der Waals surface area contributed by atoms with Crippen molar-refractivity contribution in [3.8, 4) is 5.75 Å². The minimum absolute atomic E-state index is 0.118. The first-order chi connectivity index (χ1) is 10.5. The second-order valence-electron chi connectivity index (χ2n) is 5.20. The van der Waals surface area contributed by atoms with Gasteiger partial charge in [0, 0.05) is 0 Å². The fourth-order valence-corrected chi connectivity index (χ4v) is 2.16. The number of carbonyl (C=O) groups is 1. The van der Waals surface area contributed by atoms with Crippen LogP contribution >= 0.6 is 0 Å². The van der Waals surface area contributed by atoms with Crippen LogP contribution in [-0.4, -0.2) is 37.2 Å². The van der Waals surface area contributed by atoms with E-state index in [0.29, 0.717) is 19.8 Å². The zero-order chi connectivity index (χ0) is 16.0. The van der Waals surface area contributed by atoms with Crippen molar-refractivity contribution < 1.29 is 19.0 Å². The number of nitrogens with zero attached hydrogens (tertiary/aromatic N) is 1. The van der Waals surface area contributed by atoms with E-state index < -0.39 is 5.79 Å². The van der Waals surface area contributed by atoms with Gasteiger partial charge in [-0.2, -0.15) is 5.10 Å². The molecule has 0 radical (unpaired) electrons. The summed E-state index contributed by atoms with van der Waals surface area (Å²) in [4.78, 5) is 11.9. The molecule has 0 spiro atoms. The van der Waals surface area contributed by atoms with Gasteiger partial charge >= 0.3 is 0 Å². The summed E-state index contributed by atoms with van der Waals surface area (Å²) in [5, 5.41) is 4.11. The first-order valence-corrected chi connectivity index (χ1v) is 7.37. The maximum absolute atomic E-state index is 11.9. The number of nitrogens with one attached hydrogen (secondary N) is 1. The van der Waals surface area contributed by atoms with E-state index in [1.807, 2.05) is 38.1 Å². The molecular formula is C16H22N2O4. The van der Waals surface area contributed by atoms with E-state index in [1.165, 1.54) is 0 Å². The number of benzene rings is 1. The van der Waals surface area contributed by atoms with E-state index >= 15 is 0 Å². The van der Waals surface area contributed by atoms with Crippen LogP contribution in [0.1, 0.15) is 32.8 Å². The summed E-state index contributed by atoms with van der Waals surface area (Å²) in [6.07, 6.45) is 0.118. The molecule has 6 nitrogen and oxygen atoms in total. The van der Waals surface area contributed by atoms with Crippen LogP contribution in [0.15, 0.2) is 29.4 Å². The highest BCUT2D eigenvalue weighted by atomic mass is 16.7. The Morgan fingerprint density at radius 1 is 1.32 bits per heavy atom. The Hall–Kier alpha value is -1.92. The minimum Gasteiger partial charge on any atom is -0.494 e. The molecule has 22 heavy (non-hydrogen) atoms. The van der Waals surface area contributed by atoms with Crippen molar-refractivity contribution >= 4 is 11.6 Å². The summed E-state index contributed by atoms with van der Waals surface area (Å²) >= 11 is 0. The lowest BCUT2D eigenvalue weighted by Gasteiger charge is -2.20. The van der Waals surface area contributed by atoms with Crippen molar-refractivity contribution in [3.63, 3.8) is 0 Å². The molecule has 1 aromatic rings. The van der Waals surface area contributed by atoms with Gasteiger partial charge in [0.15, 0.2) is 5.79 Å². The zero-order valence-electron chi connectivity index (χ0n) is 13.2. The summed E-state index contributed by atoms with van der Waals surface area (Å²) in [5.41, 5.74) is 4.17. The molecule has 1 heterocycles. The molecule has 1 aliphatic heterocycles. The molecule has 0 aliphatic carbocycles. The number of amides is 1.